The summed E-state index contributed by atoms with van der Waals surface area (Å²) in [5, 5.41) is 6.41. The van der Waals surface area contributed by atoms with Crippen LogP contribution in [0, 0.1) is 0 Å². The molecule has 0 atom stereocenters. The molecule has 1 aliphatic heterocycles. The van der Waals surface area contributed by atoms with Crippen molar-refractivity contribution in [1.29, 1.82) is 0 Å². The molecule has 1 aliphatic rings. The summed E-state index contributed by atoms with van der Waals surface area (Å²) in [4.78, 5) is 29.1. The van der Waals surface area contributed by atoms with Crippen molar-refractivity contribution < 1.29 is 18.0 Å². The van der Waals surface area contributed by atoms with Gasteiger partial charge in [0.15, 0.2) is 0 Å². The zero-order valence-corrected chi connectivity index (χ0v) is 17.3. The number of nitrogens with zero attached hydrogens (tertiary/aromatic N) is 2. The van der Waals surface area contributed by atoms with E-state index >= 15 is 0 Å². The van der Waals surface area contributed by atoms with Crippen molar-refractivity contribution >= 4 is 38.7 Å². The van der Waals surface area contributed by atoms with E-state index in [1.54, 1.807) is 40.6 Å². The van der Waals surface area contributed by atoms with Crippen molar-refractivity contribution in [2.75, 3.05) is 50.0 Å². The maximum atomic E-state index is 13.0. The van der Waals surface area contributed by atoms with Crippen molar-refractivity contribution in [2.24, 2.45) is 0 Å². The van der Waals surface area contributed by atoms with Crippen LogP contribution in [0.25, 0.3) is 0 Å². The molecule has 0 spiro atoms. The zero-order valence-electron chi connectivity index (χ0n) is 15.6. The molecule has 28 heavy (non-hydrogen) atoms. The van der Waals surface area contributed by atoms with Crippen LogP contribution in [-0.2, 0) is 9.84 Å². The number of amides is 2. The number of nitrogens with one attached hydrogen (secondary N) is 1. The molecular formula is C19H23N3O4S2. The number of rotatable bonds is 6. The predicted octanol–water partition coefficient (Wildman–Crippen LogP) is 1.80. The first-order valence-corrected chi connectivity index (χ1v) is 12.0. The third-order valence-electron chi connectivity index (χ3n) is 4.63. The van der Waals surface area contributed by atoms with Gasteiger partial charge >= 0.3 is 0 Å². The molecule has 150 valence electrons. The largest absolute Gasteiger partial charge is 0.336 e. The number of anilines is 1. The van der Waals surface area contributed by atoms with Gasteiger partial charge < -0.3 is 10.2 Å². The van der Waals surface area contributed by atoms with E-state index in [-0.39, 0.29) is 17.6 Å². The van der Waals surface area contributed by atoms with E-state index in [0.29, 0.717) is 49.5 Å². The lowest BCUT2D eigenvalue weighted by Gasteiger charge is -2.34. The van der Waals surface area contributed by atoms with Crippen LogP contribution in [0.5, 0.6) is 0 Å². The fraction of sp³-hybridized carbons (Fsp3) is 0.368. The average molecular weight is 422 g/mol. The maximum absolute atomic E-state index is 13.0. The number of carbonyl (C=O) groups is 2. The number of hydrogen-bond donors (Lipinski definition) is 1. The number of thiophene rings is 1. The number of carbonyl (C=O) groups excluding carboxylic acids is 2. The lowest BCUT2D eigenvalue weighted by molar-refractivity contribution is 0.0645. The molecule has 7 nitrogen and oxygen atoms in total. The monoisotopic (exact) mass is 421 g/mol. The fourth-order valence-corrected chi connectivity index (χ4v) is 4.23. The molecule has 2 amide bonds. The van der Waals surface area contributed by atoms with Crippen LogP contribution in [0.1, 0.15) is 20.7 Å². The Morgan fingerprint density at radius 2 is 1.82 bits per heavy atom. The Kier molecular flexibility index (Phi) is 6.48. The smallest absolute Gasteiger partial charge is 0.256 e. The molecule has 1 N–H and O–H groups in total. The van der Waals surface area contributed by atoms with Gasteiger partial charge in [-0.1, -0.05) is 12.1 Å². The Morgan fingerprint density at radius 3 is 2.46 bits per heavy atom. The molecule has 1 fully saturated rings. The summed E-state index contributed by atoms with van der Waals surface area (Å²) >= 11 is 1.44. The van der Waals surface area contributed by atoms with Gasteiger partial charge in [0.2, 0.25) is 0 Å². The zero-order chi connectivity index (χ0) is 20.1. The average Bonchev–Trinajstić information content (AvgIpc) is 3.21. The van der Waals surface area contributed by atoms with Crippen LogP contribution in [0.15, 0.2) is 41.1 Å². The Hall–Kier alpha value is -2.23. The van der Waals surface area contributed by atoms with Gasteiger partial charge in [0.1, 0.15) is 9.84 Å². The number of hydrogen-bond acceptors (Lipinski definition) is 6. The second-order valence-corrected chi connectivity index (χ2v) is 9.82. The SMILES string of the molecule is CS(=O)(=O)CCN1CCN(C(=O)c2ccccc2NC(=O)c2ccsc2)CC1. The van der Waals surface area contributed by atoms with Gasteiger partial charge in [0, 0.05) is 44.4 Å². The number of sulfone groups is 1. The van der Waals surface area contributed by atoms with Crippen LogP contribution >= 0.6 is 11.3 Å². The van der Waals surface area contributed by atoms with Crippen LogP contribution < -0.4 is 5.32 Å². The summed E-state index contributed by atoms with van der Waals surface area (Å²) in [7, 11) is -2.99. The minimum Gasteiger partial charge on any atom is -0.336 e. The highest BCUT2D eigenvalue weighted by Crippen LogP contribution is 2.20. The fourth-order valence-electron chi connectivity index (χ4n) is 3.01. The highest BCUT2D eigenvalue weighted by molar-refractivity contribution is 7.90. The Balaban J connectivity index is 1.63. The molecule has 1 aromatic heterocycles. The summed E-state index contributed by atoms with van der Waals surface area (Å²) in [6, 6.07) is 8.72. The molecule has 2 aromatic rings. The number of para-hydroxylation sites is 1. The van der Waals surface area contributed by atoms with Gasteiger partial charge in [-0.15, -0.1) is 0 Å². The first kappa shape index (κ1) is 20.5. The Labute approximate surface area is 168 Å². The summed E-state index contributed by atoms with van der Waals surface area (Å²) in [5.41, 5.74) is 1.51. The lowest BCUT2D eigenvalue weighted by Crippen LogP contribution is -2.49. The van der Waals surface area contributed by atoms with E-state index in [2.05, 4.69) is 10.2 Å². The molecule has 1 aromatic carbocycles. The third kappa shape index (κ3) is 5.40. The number of benzene rings is 1. The molecule has 0 saturated carbocycles. The van der Waals surface area contributed by atoms with Crippen LogP contribution in [0.2, 0.25) is 0 Å². The molecule has 1 saturated heterocycles. The van der Waals surface area contributed by atoms with Gasteiger partial charge in [-0.2, -0.15) is 11.3 Å². The Bertz CT molecular complexity index is 934. The second kappa shape index (κ2) is 8.85. The van der Waals surface area contributed by atoms with Gasteiger partial charge in [-0.3, -0.25) is 14.5 Å². The summed E-state index contributed by atoms with van der Waals surface area (Å²) in [6.45, 7) is 2.79. The van der Waals surface area contributed by atoms with Gasteiger partial charge in [0.05, 0.1) is 22.6 Å². The van der Waals surface area contributed by atoms with Gasteiger partial charge in [-0.05, 0) is 23.6 Å². The lowest BCUT2D eigenvalue weighted by atomic mass is 10.1. The highest BCUT2D eigenvalue weighted by Gasteiger charge is 2.24. The topological polar surface area (TPSA) is 86.8 Å². The van der Waals surface area contributed by atoms with E-state index in [0.717, 1.165) is 0 Å². The standard InChI is InChI=1S/C19H23N3O4S2/c1-28(25,26)13-11-21-7-9-22(10-8-21)19(24)16-4-2-3-5-17(16)20-18(23)15-6-12-27-14-15/h2-6,12,14H,7-11,13H2,1H3,(H,20,23). The molecule has 0 bridgehead atoms. The van der Waals surface area contributed by atoms with E-state index in [4.69, 9.17) is 0 Å². The maximum Gasteiger partial charge on any atom is 0.256 e. The van der Waals surface area contributed by atoms with Crippen LogP contribution in [0.3, 0.4) is 0 Å². The van der Waals surface area contributed by atoms with Crippen molar-refractivity contribution in [1.82, 2.24) is 9.80 Å². The first-order chi connectivity index (χ1) is 13.3. The summed E-state index contributed by atoms with van der Waals surface area (Å²) in [6.07, 6.45) is 1.23. The normalized spacial score (nSPS) is 15.4. The quantitative estimate of drug-likeness (QED) is 0.769. The van der Waals surface area contributed by atoms with Crippen molar-refractivity contribution in [3.8, 4) is 0 Å². The van der Waals surface area contributed by atoms with Gasteiger partial charge in [-0.25, -0.2) is 8.42 Å². The van der Waals surface area contributed by atoms with Crippen LogP contribution in [0.4, 0.5) is 5.69 Å². The minimum atomic E-state index is -2.99. The molecule has 3 rings (SSSR count). The van der Waals surface area contributed by atoms with E-state index in [9.17, 15) is 18.0 Å². The van der Waals surface area contributed by atoms with E-state index in [1.807, 2.05) is 5.38 Å². The first-order valence-electron chi connectivity index (χ1n) is 8.95. The predicted molar refractivity (Wildman–Crippen MR) is 111 cm³/mol. The minimum absolute atomic E-state index is 0.123. The van der Waals surface area contributed by atoms with Crippen LogP contribution in [-0.4, -0.2) is 74.8 Å². The van der Waals surface area contributed by atoms with E-state index < -0.39 is 9.84 Å². The molecule has 9 heteroatoms. The van der Waals surface area contributed by atoms with Crippen molar-refractivity contribution in [3.63, 3.8) is 0 Å². The molecule has 2 heterocycles. The third-order valence-corrected chi connectivity index (χ3v) is 6.23. The summed E-state index contributed by atoms with van der Waals surface area (Å²) in [5.74, 6) is -0.255. The highest BCUT2D eigenvalue weighted by atomic mass is 32.2. The molecule has 0 unspecified atom stereocenters. The molecular weight excluding hydrogens is 398 g/mol. The van der Waals surface area contributed by atoms with Crippen molar-refractivity contribution in [3.05, 3.63) is 52.2 Å². The molecule has 0 radical (unpaired) electrons. The summed E-state index contributed by atoms with van der Waals surface area (Å²) < 4.78 is 22.6. The van der Waals surface area contributed by atoms with Gasteiger partial charge in [0.25, 0.3) is 11.8 Å². The molecule has 0 aliphatic carbocycles. The Morgan fingerprint density at radius 1 is 1.11 bits per heavy atom. The second-order valence-electron chi connectivity index (χ2n) is 6.78. The van der Waals surface area contributed by atoms with E-state index in [1.165, 1.54) is 17.6 Å². The van der Waals surface area contributed by atoms with Crippen molar-refractivity contribution in [2.45, 2.75) is 0 Å². The number of piperazine rings is 1.